The van der Waals surface area contributed by atoms with Gasteiger partial charge >= 0.3 is 0 Å². The van der Waals surface area contributed by atoms with E-state index in [9.17, 15) is 13.2 Å². The number of carbonyl (C=O) groups excluding carboxylic acids is 1. The fraction of sp³-hybridized carbons (Fsp3) is 0.588. The minimum Gasteiger partial charge on any atom is -0.491 e. The number of hydrogen-bond acceptors (Lipinski definition) is 4. The molecular weight excluding hydrogens is 328 g/mol. The number of sulfonamides is 1. The van der Waals surface area contributed by atoms with Crippen LogP contribution in [0, 0.1) is 5.92 Å². The molecule has 1 aliphatic rings. The van der Waals surface area contributed by atoms with Gasteiger partial charge in [-0.2, -0.15) is 0 Å². The summed E-state index contributed by atoms with van der Waals surface area (Å²) in [5, 5.41) is 2.96. The van der Waals surface area contributed by atoms with E-state index < -0.39 is 10.0 Å². The molecular formula is C17H26N2O4S. The number of hydrogen-bond donors (Lipinski definition) is 1. The average molecular weight is 354 g/mol. The van der Waals surface area contributed by atoms with Gasteiger partial charge in [-0.25, -0.2) is 12.7 Å². The highest BCUT2D eigenvalue weighted by molar-refractivity contribution is 7.89. The first kappa shape index (κ1) is 18.7. The Labute approximate surface area is 144 Å². The lowest BCUT2D eigenvalue weighted by Crippen LogP contribution is -2.46. The Balaban J connectivity index is 1.75. The number of benzene rings is 1. The van der Waals surface area contributed by atoms with Crippen molar-refractivity contribution in [2.75, 3.05) is 25.4 Å². The number of nitrogens with zero attached hydrogens (tertiary/aromatic N) is 1. The highest BCUT2D eigenvalue weighted by Gasteiger charge is 2.30. The molecule has 0 unspecified atom stereocenters. The summed E-state index contributed by atoms with van der Waals surface area (Å²) >= 11 is 0. The fourth-order valence-corrected chi connectivity index (χ4v) is 3.85. The van der Waals surface area contributed by atoms with E-state index in [1.165, 1.54) is 4.31 Å². The summed E-state index contributed by atoms with van der Waals surface area (Å²) in [5.74, 6) is 0.731. The van der Waals surface area contributed by atoms with Crippen molar-refractivity contribution in [3.8, 4) is 5.75 Å². The van der Waals surface area contributed by atoms with E-state index in [1.807, 2.05) is 37.3 Å². The standard InChI is InChI=1S/C17H26N2O4S/c1-3-24(21,22)19-11-9-15(10-12-19)17(20)18-14(2)13-23-16-7-5-4-6-8-16/h4-8,14-15H,3,9-13H2,1-2H3,(H,18,20)/t14-/m1/s1. The van der Waals surface area contributed by atoms with E-state index in [4.69, 9.17) is 4.74 Å². The van der Waals surface area contributed by atoms with Gasteiger partial charge in [0.1, 0.15) is 12.4 Å². The zero-order chi connectivity index (χ0) is 17.6. The molecule has 2 rings (SSSR count). The van der Waals surface area contributed by atoms with Crippen LogP contribution < -0.4 is 10.1 Å². The van der Waals surface area contributed by atoms with Crippen LogP contribution in [0.2, 0.25) is 0 Å². The predicted octanol–water partition coefficient (Wildman–Crippen LogP) is 1.63. The molecule has 1 N–H and O–H groups in total. The van der Waals surface area contributed by atoms with Gasteiger partial charge in [0.15, 0.2) is 0 Å². The number of para-hydroxylation sites is 1. The minimum atomic E-state index is -3.15. The van der Waals surface area contributed by atoms with Crippen molar-refractivity contribution >= 4 is 15.9 Å². The summed E-state index contributed by atoms with van der Waals surface area (Å²) in [7, 11) is -3.15. The van der Waals surface area contributed by atoms with Gasteiger partial charge in [0, 0.05) is 19.0 Å². The van der Waals surface area contributed by atoms with Crippen molar-refractivity contribution in [2.24, 2.45) is 5.92 Å². The maximum Gasteiger partial charge on any atom is 0.223 e. The van der Waals surface area contributed by atoms with Crippen LogP contribution in [0.3, 0.4) is 0 Å². The lowest BCUT2D eigenvalue weighted by atomic mass is 9.97. The monoisotopic (exact) mass is 354 g/mol. The Hall–Kier alpha value is -1.60. The molecule has 1 aromatic rings. The smallest absolute Gasteiger partial charge is 0.223 e. The molecule has 0 radical (unpaired) electrons. The molecule has 0 spiro atoms. The van der Waals surface area contributed by atoms with Crippen molar-refractivity contribution in [1.82, 2.24) is 9.62 Å². The molecule has 134 valence electrons. The number of nitrogens with one attached hydrogen (secondary N) is 1. The normalized spacial score (nSPS) is 18.1. The second kappa shape index (κ2) is 8.48. The van der Waals surface area contributed by atoms with Crippen LogP contribution in [0.5, 0.6) is 5.75 Å². The van der Waals surface area contributed by atoms with Gasteiger partial charge < -0.3 is 10.1 Å². The summed E-state index contributed by atoms with van der Waals surface area (Å²) in [6.45, 7) is 4.78. The number of piperidine rings is 1. The molecule has 1 fully saturated rings. The van der Waals surface area contributed by atoms with E-state index in [1.54, 1.807) is 6.92 Å². The lowest BCUT2D eigenvalue weighted by Gasteiger charge is -2.30. The Kier molecular flexibility index (Phi) is 6.62. The highest BCUT2D eigenvalue weighted by atomic mass is 32.2. The second-order valence-corrected chi connectivity index (χ2v) is 8.37. The third kappa shape index (κ3) is 5.21. The zero-order valence-electron chi connectivity index (χ0n) is 14.3. The summed E-state index contributed by atoms with van der Waals surface area (Å²) < 4.78 is 30.8. The molecule has 1 amide bonds. The molecule has 1 heterocycles. The van der Waals surface area contributed by atoms with E-state index in [-0.39, 0.29) is 23.6 Å². The Bertz CT molecular complexity index is 625. The number of carbonyl (C=O) groups is 1. The second-order valence-electron chi connectivity index (χ2n) is 6.11. The first-order valence-electron chi connectivity index (χ1n) is 8.38. The molecule has 1 saturated heterocycles. The summed E-state index contributed by atoms with van der Waals surface area (Å²) in [5.41, 5.74) is 0. The van der Waals surface area contributed by atoms with Crippen LogP contribution in [-0.4, -0.2) is 50.1 Å². The molecule has 1 atom stereocenters. The van der Waals surface area contributed by atoms with Crippen LogP contribution in [0.1, 0.15) is 26.7 Å². The van der Waals surface area contributed by atoms with E-state index >= 15 is 0 Å². The van der Waals surface area contributed by atoms with Crippen molar-refractivity contribution in [3.63, 3.8) is 0 Å². The molecule has 24 heavy (non-hydrogen) atoms. The van der Waals surface area contributed by atoms with E-state index in [0.717, 1.165) is 5.75 Å². The zero-order valence-corrected chi connectivity index (χ0v) is 15.1. The molecule has 0 bridgehead atoms. The number of rotatable bonds is 7. The molecule has 7 heteroatoms. The van der Waals surface area contributed by atoms with Crippen LogP contribution in [0.25, 0.3) is 0 Å². The topological polar surface area (TPSA) is 75.7 Å². The van der Waals surface area contributed by atoms with Crippen molar-refractivity contribution < 1.29 is 17.9 Å². The van der Waals surface area contributed by atoms with Crippen LogP contribution >= 0.6 is 0 Å². The van der Waals surface area contributed by atoms with Gasteiger partial charge in [-0.3, -0.25) is 4.79 Å². The quantitative estimate of drug-likeness (QED) is 0.807. The van der Waals surface area contributed by atoms with Crippen LogP contribution in [0.4, 0.5) is 0 Å². The Morgan fingerprint density at radius 3 is 2.50 bits per heavy atom. The summed E-state index contributed by atoms with van der Waals surface area (Å²) in [6, 6.07) is 9.36. The largest absolute Gasteiger partial charge is 0.491 e. The third-order valence-corrected chi connectivity index (χ3v) is 6.10. The molecule has 0 saturated carbocycles. The van der Waals surface area contributed by atoms with Crippen LogP contribution in [-0.2, 0) is 14.8 Å². The van der Waals surface area contributed by atoms with Gasteiger partial charge in [-0.1, -0.05) is 18.2 Å². The maximum absolute atomic E-state index is 12.3. The average Bonchev–Trinajstić information content (AvgIpc) is 2.61. The molecule has 1 aromatic carbocycles. The summed E-state index contributed by atoms with van der Waals surface area (Å²) in [4.78, 5) is 12.3. The molecule has 0 aliphatic carbocycles. The van der Waals surface area contributed by atoms with Gasteiger partial charge in [0.05, 0.1) is 11.8 Å². The third-order valence-electron chi connectivity index (χ3n) is 4.21. The van der Waals surface area contributed by atoms with E-state index in [0.29, 0.717) is 32.5 Å². The highest BCUT2D eigenvalue weighted by Crippen LogP contribution is 2.20. The lowest BCUT2D eigenvalue weighted by molar-refractivity contribution is -0.126. The van der Waals surface area contributed by atoms with Gasteiger partial charge in [0.2, 0.25) is 15.9 Å². The van der Waals surface area contributed by atoms with Gasteiger partial charge in [-0.05, 0) is 38.8 Å². The van der Waals surface area contributed by atoms with Gasteiger partial charge in [0.25, 0.3) is 0 Å². The first-order valence-corrected chi connectivity index (χ1v) is 9.99. The van der Waals surface area contributed by atoms with Crippen molar-refractivity contribution in [1.29, 1.82) is 0 Å². The first-order chi connectivity index (χ1) is 11.4. The van der Waals surface area contributed by atoms with Crippen molar-refractivity contribution in [2.45, 2.75) is 32.7 Å². The van der Waals surface area contributed by atoms with Gasteiger partial charge in [-0.15, -0.1) is 0 Å². The fourth-order valence-electron chi connectivity index (χ4n) is 2.72. The molecule has 0 aromatic heterocycles. The predicted molar refractivity (Wildman–Crippen MR) is 93.3 cm³/mol. The number of ether oxygens (including phenoxy) is 1. The molecule has 1 aliphatic heterocycles. The minimum absolute atomic E-state index is 0.0206. The Morgan fingerprint density at radius 2 is 1.92 bits per heavy atom. The van der Waals surface area contributed by atoms with Crippen molar-refractivity contribution in [3.05, 3.63) is 30.3 Å². The summed E-state index contributed by atoms with van der Waals surface area (Å²) in [6.07, 6.45) is 1.13. The van der Waals surface area contributed by atoms with Crippen LogP contribution in [0.15, 0.2) is 30.3 Å². The molecule has 6 nitrogen and oxygen atoms in total. The van der Waals surface area contributed by atoms with E-state index in [2.05, 4.69) is 5.32 Å². The maximum atomic E-state index is 12.3. The Morgan fingerprint density at radius 1 is 1.29 bits per heavy atom. The SMILES string of the molecule is CCS(=O)(=O)N1CCC(C(=O)N[C@H](C)COc2ccccc2)CC1. The number of amides is 1.